The number of benzene rings is 2. The lowest BCUT2D eigenvalue weighted by Crippen LogP contribution is -2.45. The van der Waals surface area contributed by atoms with Gasteiger partial charge in [0.05, 0.1) is 18.3 Å². The zero-order chi connectivity index (χ0) is 17.9. The van der Waals surface area contributed by atoms with Crippen molar-refractivity contribution >= 4 is 23.0 Å². The number of nitrogens with zero attached hydrogens (tertiary/aromatic N) is 3. The smallest absolute Gasteiger partial charge is 0.0741 e. The van der Waals surface area contributed by atoms with E-state index in [9.17, 15) is 0 Å². The van der Waals surface area contributed by atoms with Crippen LogP contribution in [0.25, 0.3) is 0 Å². The molecule has 2 aliphatic rings. The SMILES string of the molecule is CN1c2ccc(Cl)cc2C(c2ccccc2)=NCC1CN1CCCCC1. The number of aliphatic imine (C=N–C) groups is 1. The van der Waals surface area contributed by atoms with Gasteiger partial charge in [-0.3, -0.25) is 4.99 Å². The molecule has 0 N–H and O–H groups in total. The van der Waals surface area contributed by atoms with E-state index in [-0.39, 0.29) is 0 Å². The Balaban J connectivity index is 1.70. The minimum Gasteiger partial charge on any atom is -0.368 e. The Bertz CT molecular complexity index is 781. The standard InChI is InChI=1S/C22H26ClN3/c1-25-19(16-26-12-6-3-7-13-26)15-24-22(17-8-4-2-5-9-17)20-14-18(23)10-11-21(20)25/h2,4-5,8-11,14,19H,3,6-7,12-13,15-16H2,1H3. The van der Waals surface area contributed by atoms with E-state index in [0.717, 1.165) is 35.0 Å². The molecule has 1 fully saturated rings. The van der Waals surface area contributed by atoms with Gasteiger partial charge in [-0.1, -0.05) is 48.4 Å². The Morgan fingerprint density at radius 3 is 2.58 bits per heavy atom. The molecule has 0 amide bonds. The number of likely N-dealkylation sites (tertiary alicyclic amines) is 1. The van der Waals surface area contributed by atoms with Gasteiger partial charge in [-0.2, -0.15) is 0 Å². The third-order valence-electron chi connectivity index (χ3n) is 5.57. The van der Waals surface area contributed by atoms with Crippen LogP contribution in [0.5, 0.6) is 0 Å². The topological polar surface area (TPSA) is 18.8 Å². The number of anilines is 1. The molecule has 1 saturated heterocycles. The minimum absolute atomic E-state index is 0.384. The molecule has 3 nitrogen and oxygen atoms in total. The number of likely N-dealkylation sites (N-methyl/N-ethyl adjacent to an activating group) is 1. The highest BCUT2D eigenvalue weighted by molar-refractivity contribution is 6.31. The Morgan fingerprint density at radius 1 is 1.04 bits per heavy atom. The van der Waals surface area contributed by atoms with Gasteiger partial charge in [-0.05, 0) is 44.1 Å². The first-order valence-corrected chi connectivity index (χ1v) is 9.95. The van der Waals surface area contributed by atoms with Crippen LogP contribution >= 0.6 is 11.6 Å². The molecule has 2 heterocycles. The number of halogens is 1. The number of fused-ring (bicyclic) bond motifs is 1. The first kappa shape index (κ1) is 17.6. The maximum atomic E-state index is 6.34. The van der Waals surface area contributed by atoms with E-state index in [1.807, 2.05) is 12.1 Å². The third-order valence-corrected chi connectivity index (χ3v) is 5.80. The van der Waals surface area contributed by atoms with E-state index < -0.39 is 0 Å². The fourth-order valence-electron chi connectivity index (χ4n) is 4.07. The van der Waals surface area contributed by atoms with Gasteiger partial charge in [0.15, 0.2) is 0 Å². The highest BCUT2D eigenvalue weighted by atomic mass is 35.5. The van der Waals surface area contributed by atoms with Crippen molar-refractivity contribution in [1.29, 1.82) is 0 Å². The fourth-order valence-corrected chi connectivity index (χ4v) is 4.24. The molecule has 2 aromatic rings. The van der Waals surface area contributed by atoms with Crippen LogP contribution in [0.2, 0.25) is 5.02 Å². The van der Waals surface area contributed by atoms with Crippen molar-refractivity contribution in [3.05, 3.63) is 64.7 Å². The van der Waals surface area contributed by atoms with E-state index in [1.54, 1.807) is 0 Å². The van der Waals surface area contributed by atoms with E-state index in [2.05, 4.69) is 53.2 Å². The lowest BCUT2D eigenvalue weighted by atomic mass is 10.0. The van der Waals surface area contributed by atoms with Gasteiger partial charge in [0.2, 0.25) is 0 Å². The van der Waals surface area contributed by atoms with Crippen LogP contribution < -0.4 is 4.90 Å². The second kappa shape index (κ2) is 7.81. The summed E-state index contributed by atoms with van der Waals surface area (Å²) in [6.45, 7) is 4.31. The van der Waals surface area contributed by atoms with Crippen molar-refractivity contribution in [2.45, 2.75) is 25.3 Å². The molecule has 2 aliphatic heterocycles. The zero-order valence-electron chi connectivity index (χ0n) is 15.4. The Labute approximate surface area is 161 Å². The molecule has 0 spiro atoms. The summed E-state index contributed by atoms with van der Waals surface area (Å²) >= 11 is 6.34. The van der Waals surface area contributed by atoms with E-state index in [0.29, 0.717) is 6.04 Å². The molecule has 0 aromatic heterocycles. The molecule has 0 saturated carbocycles. The normalized spacial score (nSPS) is 21.1. The van der Waals surface area contributed by atoms with Crippen LogP contribution in [0.3, 0.4) is 0 Å². The van der Waals surface area contributed by atoms with Gasteiger partial charge in [0.1, 0.15) is 0 Å². The summed E-state index contributed by atoms with van der Waals surface area (Å²) in [7, 11) is 2.20. The fraction of sp³-hybridized carbons (Fsp3) is 0.409. The predicted octanol–water partition coefficient (Wildman–Crippen LogP) is 4.48. The van der Waals surface area contributed by atoms with Crippen LogP contribution in [0.4, 0.5) is 5.69 Å². The monoisotopic (exact) mass is 367 g/mol. The van der Waals surface area contributed by atoms with E-state index >= 15 is 0 Å². The van der Waals surface area contributed by atoms with E-state index in [1.165, 1.54) is 38.0 Å². The van der Waals surface area contributed by atoms with Crippen molar-refractivity contribution in [3.8, 4) is 0 Å². The highest BCUT2D eigenvalue weighted by Crippen LogP contribution is 2.30. The highest BCUT2D eigenvalue weighted by Gasteiger charge is 2.26. The Hall–Kier alpha value is -1.84. The van der Waals surface area contributed by atoms with Gasteiger partial charge in [0.25, 0.3) is 0 Å². The molecule has 4 rings (SSSR count). The third kappa shape index (κ3) is 3.65. The summed E-state index contributed by atoms with van der Waals surface area (Å²) in [5.41, 5.74) is 4.56. The molecule has 136 valence electrons. The number of benzodiazepines with no additional fused rings is 1. The minimum atomic E-state index is 0.384. The molecule has 0 bridgehead atoms. The average Bonchev–Trinajstić information content (AvgIpc) is 2.80. The van der Waals surface area contributed by atoms with Gasteiger partial charge in [0, 0.05) is 35.4 Å². The predicted molar refractivity (Wildman–Crippen MR) is 111 cm³/mol. The number of hydrogen-bond donors (Lipinski definition) is 0. The van der Waals surface area contributed by atoms with Gasteiger partial charge >= 0.3 is 0 Å². The summed E-state index contributed by atoms with van der Waals surface area (Å²) in [5, 5.41) is 0.760. The van der Waals surface area contributed by atoms with Crippen molar-refractivity contribution in [1.82, 2.24) is 4.90 Å². The molecule has 26 heavy (non-hydrogen) atoms. The second-order valence-electron chi connectivity index (χ2n) is 7.34. The van der Waals surface area contributed by atoms with Gasteiger partial charge in [-0.25, -0.2) is 0 Å². The van der Waals surface area contributed by atoms with Crippen LogP contribution in [-0.2, 0) is 0 Å². The number of piperidine rings is 1. The van der Waals surface area contributed by atoms with E-state index in [4.69, 9.17) is 16.6 Å². The van der Waals surface area contributed by atoms with Crippen LogP contribution in [-0.4, -0.2) is 49.9 Å². The first-order valence-electron chi connectivity index (χ1n) is 9.57. The quantitative estimate of drug-likeness (QED) is 0.796. The molecule has 2 aromatic carbocycles. The zero-order valence-corrected chi connectivity index (χ0v) is 16.1. The molecule has 0 radical (unpaired) electrons. The van der Waals surface area contributed by atoms with Crippen molar-refractivity contribution in [3.63, 3.8) is 0 Å². The summed E-state index contributed by atoms with van der Waals surface area (Å²) in [4.78, 5) is 10.1. The molecular formula is C22H26ClN3. The summed E-state index contributed by atoms with van der Waals surface area (Å²) in [6, 6.07) is 17.0. The van der Waals surface area contributed by atoms with Crippen molar-refractivity contribution < 1.29 is 0 Å². The second-order valence-corrected chi connectivity index (χ2v) is 7.78. The van der Waals surface area contributed by atoms with Crippen LogP contribution in [0.15, 0.2) is 53.5 Å². The molecule has 4 heteroatoms. The van der Waals surface area contributed by atoms with Gasteiger partial charge in [-0.15, -0.1) is 0 Å². The first-order chi connectivity index (χ1) is 12.7. The maximum absolute atomic E-state index is 6.34. The lowest BCUT2D eigenvalue weighted by Gasteiger charge is -2.35. The largest absolute Gasteiger partial charge is 0.368 e. The lowest BCUT2D eigenvalue weighted by molar-refractivity contribution is 0.216. The molecule has 1 unspecified atom stereocenters. The van der Waals surface area contributed by atoms with Crippen molar-refractivity contribution in [2.24, 2.45) is 4.99 Å². The Kier molecular flexibility index (Phi) is 5.28. The van der Waals surface area contributed by atoms with Crippen LogP contribution in [0, 0.1) is 0 Å². The van der Waals surface area contributed by atoms with Crippen LogP contribution in [0.1, 0.15) is 30.4 Å². The van der Waals surface area contributed by atoms with Crippen molar-refractivity contribution in [2.75, 3.05) is 38.1 Å². The Morgan fingerprint density at radius 2 is 1.81 bits per heavy atom. The number of hydrogen-bond acceptors (Lipinski definition) is 3. The molecular weight excluding hydrogens is 342 g/mol. The summed E-state index contributed by atoms with van der Waals surface area (Å²) in [6.07, 6.45) is 4.01. The molecule has 1 atom stereocenters. The summed E-state index contributed by atoms with van der Waals surface area (Å²) in [5.74, 6) is 0. The maximum Gasteiger partial charge on any atom is 0.0741 e. The summed E-state index contributed by atoms with van der Waals surface area (Å²) < 4.78 is 0. The molecule has 0 aliphatic carbocycles. The number of rotatable bonds is 3. The van der Waals surface area contributed by atoms with Gasteiger partial charge < -0.3 is 9.80 Å². The average molecular weight is 368 g/mol.